The van der Waals surface area contributed by atoms with Crippen LogP contribution in [0, 0.1) is 0 Å². The molecule has 0 bridgehead atoms. The first kappa shape index (κ1) is 15.2. The molecule has 1 aromatic carbocycles. The quantitative estimate of drug-likeness (QED) is 0.730. The van der Waals surface area contributed by atoms with E-state index in [9.17, 15) is 0 Å². The smallest absolute Gasteiger partial charge is 0.180 e. The minimum Gasteiger partial charge on any atom is -0.497 e. The van der Waals surface area contributed by atoms with Crippen LogP contribution in [0.2, 0.25) is 5.15 Å². The van der Waals surface area contributed by atoms with Gasteiger partial charge in [-0.05, 0) is 18.2 Å². The molecule has 1 saturated heterocycles. The molecule has 24 heavy (non-hydrogen) atoms. The number of anilines is 1. The molecule has 124 valence electrons. The van der Waals surface area contributed by atoms with Gasteiger partial charge >= 0.3 is 0 Å². The number of nitrogens with one attached hydrogen (secondary N) is 1. The summed E-state index contributed by atoms with van der Waals surface area (Å²) < 4.78 is 10.7. The number of piperazine rings is 1. The number of hydrogen-bond acceptors (Lipinski definition) is 7. The number of fused-ring (bicyclic) bond motifs is 1. The largest absolute Gasteiger partial charge is 0.497 e. The van der Waals surface area contributed by atoms with Gasteiger partial charge in [-0.25, -0.2) is 9.97 Å². The van der Waals surface area contributed by atoms with E-state index in [2.05, 4.69) is 25.3 Å². The molecule has 1 unspecified atom stereocenters. The predicted molar refractivity (Wildman–Crippen MR) is 90.6 cm³/mol. The van der Waals surface area contributed by atoms with Crippen molar-refractivity contribution in [2.24, 2.45) is 0 Å². The normalized spacial score (nSPS) is 18.1. The Kier molecular flexibility index (Phi) is 3.95. The van der Waals surface area contributed by atoms with Crippen LogP contribution in [-0.4, -0.2) is 41.9 Å². The van der Waals surface area contributed by atoms with Crippen LogP contribution in [0.1, 0.15) is 11.9 Å². The van der Waals surface area contributed by atoms with Crippen molar-refractivity contribution >= 4 is 28.4 Å². The van der Waals surface area contributed by atoms with Gasteiger partial charge < -0.3 is 19.5 Å². The van der Waals surface area contributed by atoms with Gasteiger partial charge in [0.15, 0.2) is 17.2 Å². The van der Waals surface area contributed by atoms with Crippen molar-refractivity contribution in [2.45, 2.75) is 6.04 Å². The van der Waals surface area contributed by atoms with Crippen molar-refractivity contribution in [1.29, 1.82) is 0 Å². The van der Waals surface area contributed by atoms with Gasteiger partial charge in [0.1, 0.15) is 16.9 Å². The van der Waals surface area contributed by atoms with Gasteiger partial charge in [-0.2, -0.15) is 0 Å². The van der Waals surface area contributed by atoms with Crippen molar-refractivity contribution in [2.75, 3.05) is 31.6 Å². The third-order valence-corrected chi connectivity index (χ3v) is 4.32. The molecule has 0 amide bonds. The highest BCUT2D eigenvalue weighted by molar-refractivity contribution is 6.29. The fraction of sp³-hybridized carbons (Fsp3) is 0.312. The predicted octanol–water partition coefficient (Wildman–Crippen LogP) is 2.43. The Bertz CT molecular complexity index is 869. The summed E-state index contributed by atoms with van der Waals surface area (Å²) in [4.78, 5) is 10.9. The van der Waals surface area contributed by atoms with E-state index in [0.29, 0.717) is 23.1 Å². The van der Waals surface area contributed by atoms with Gasteiger partial charge in [-0.3, -0.25) is 0 Å². The molecule has 3 heterocycles. The summed E-state index contributed by atoms with van der Waals surface area (Å²) in [6.45, 7) is 2.33. The molecule has 0 aliphatic carbocycles. The zero-order valence-electron chi connectivity index (χ0n) is 13.1. The van der Waals surface area contributed by atoms with Crippen LogP contribution in [0.3, 0.4) is 0 Å². The Balaban J connectivity index is 1.75. The first-order valence-electron chi connectivity index (χ1n) is 7.65. The van der Waals surface area contributed by atoms with Crippen LogP contribution in [-0.2, 0) is 0 Å². The number of ether oxygens (including phenoxy) is 1. The van der Waals surface area contributed by atoms with E-state index in [4.69, 9.17) is 20.9 Å². The second kappa shape index (κ2) is 6.26. The molecule has 0 spiro atoms. The van der Waals surface area contributed by atoms with E-state index >= 15 is 0 Å². The Morgan fingerprint density at radius 2 is 2.29 bits per heavy atom. The minimum absolute atomic E-state index is 0.0622. The number of aromatic nitrogens is 3. The fourth-order valence-corrected chi connectivity index (χ4v) is 3.08. The van der Waals surface area contributed by atoms with Crippen molar-refractivity contribution in [3.8, 4) is 5.75 Å². The van der Waals surface area contributed by atoms with Crippen LogP contribution >= 0.6 is 11.6 Å². The summed E-state index contributed by atoms with van der Waals surface area (Å²) >= 11 is 6.03. The number of methoxy groups -OCH3 is 1. The Hall–Kier alpha value is -2.38. The number of hydrogen-bond donors (Lipinski definition) is 1. The summed E-state index contributed by atoms with van der Waals surface area (Å²) in [5.41, 5.74) is 0.689. The summed E-state index contributed by atoms with van der Waals surface area (Å²) in [6.07, 6.45) is 1.67. The molecule has 3 aromatic rings. The van der Waals surface area contributed by atoms with Gasteiger partial charge in [0.05, 0.1) is 12.5 Å². The van der Waals surface area contributed by atoms with Crippen LogP contribution < -0.4 is 15.0 Å². The minimum atomic E-state index is -0.0622. The van der Waals surface area contributed by atoms with Gasteiger partial charge in [-0.1, -0.05) is 16.8 Å². The third-order valence-electron chi connectivity index (χ3n) is 4.11. The molecule has 0 saturated carbocycles. The average molecular weight is 346 g/mol. The van der Waals surface area contributed by atoms with E-state index in [1.165, 1.54) is 0 Å². The second-order valence-electron chi connectivity index (χ2n) is 5.52. The number of nitrogens with zero attached hydrogens (tertiary/aromatic N) is 4. The highest BCUT2D eigenvalue weighted by Crippen LogP contribution is 2.33. The molecular formula is C16H16ClN5O2. The van der Waals surface area contributed by atoms with Crippen LogP contribution in [0.25, 0.3) is 11.0 Å². The Labute approximate surface area is 143 Å². The van der Waals surface area contributed by atoms with Crippen LogP contribution in [0.5, 0.6) is 5.75 Å². The number of benzene rings is 1. The fourth-order valence-electron chi connectivity index (χ4n) is 2.94. The molecule has 1 fully saturated rings. The highest BCUT2D eigenvalue weighted by atomic mass is 35.5. The lowest BCUT2D eigenvalue weighted by molar-refractivity contribution is 0.410. The summed E-state index contributed by atoms with van der Waals surface area (Å²) in [7, 11) is 1.63. The van der Waals surface area contributed by atoms with Crippen LogP contribution in [0.15, 0.2) is 35.0 Å². The van der Waals surface area contributed by atoms with E-state index in [0.717, 1.165) is 30.0 Å². The maximum atomic E-state index is 6.03. The molecule has 8 heteroatoms. The first-order chi connectivity index (χ1) is 11.8. The molecule has 0 radical (unpaired) electrons. The van der Waals surface area contributed by atoms with Crippen molar-refractivity contribution in [3.63, 3.8) is 0 Å². The molecule has 4 rings (SSSR count). The molecule has 1 atom stereocenters. The van der Waals surface area contributed by atoms with Gasteiger partial charge in [0.2, 0.25) is 0 Å². The highest BCUT2D eigenvalue weighted by Gasteiger charge is 2.29. The summed E-state index contributed by atoms with van der Waals surface area (Å²) in [5.74, 6) is 2.18. The third kappa shape index (κ3) is 2.65. The van der Waals surface area contributed by atoms with Crippen LogP contribution in [0.4, 0.5) is 5.82 Å². The van der Waals surface area contributed by atoms with E-state index < -0.39 is 0 Å². The second-order valence-corrected chi connectivity index (χ2v) is 5.91. The standard InChI is InChI=1S/C16H16ClN5O2/c1-23-10-2-3-11-13(8-10)24-21-16(11)22-7-6-18-9-12(22)15-19-5-4-14(17)20-15/h2-5,8,12,18H,6-7,9H2,1H3. The Morgan fingerprint density at radius 3 is 3.12 bits per heavy atom. The average Bonchev–Trinajstić information content (AvgIpc) is 3.04. The molecular weight excluding hydrogens is 330 g/mol. The lowest BCUT2D eigenvalue weighted by Crippen LogP contribution is -2.47. The summed E-state index contributed by atoms with van der Waals surface area (Å²) in [6, 6.07) is 7.30. The number of halogens is 1. The van der Waals surface area contributed by atoms with Crippen molar-refractivity contribution in [3.05, 3.63) is 41.4 Å². The van der Waals surface area contributed by atoms with E-state index in [1.54, 1.807) is 19.4 Å². The lowest BCUT2D eigenvalue weighted by atomic mass is 10.1. The summed E-state index contributed by atoms with van der Waals surface area (Å²) in [5, 5.41) is 9.01. The monoisotopic (exact) mass is 345 g/mol. The maximum absolute atomic E-state index is 6.03. The van der Waals surface area contributed by atoms with Gasteiger partial charge in [0, 0.05) is 31.9 Å². The molecule has 2 aromatic heterocycles. The zero-order chi connectivity index (χ0) is 16.5. The molecule has 7 nitrogen and oxygen atoms in total. The maximum Gasteiger partial charge on any atom is 0.180 e. The molecule has 1 N–H and O–H groups in total. The first-order valence-corrected chi connectivity index (χ1v) is 8.03. The molecule has 1 aliphatic rings. The lowest BCUT2D eigenvalue weighted by Gasteiger charge is -2.35. The zero-order valence-corrected chi connectivity index (χ0v) is 13.8. The van der Waals surface area contributed by atoms with E-state index in [1.807, 2.05) is 18.2 Å². The Morgan fingerprint density at radius 1 is 1.38 bits per heavy atom. The van der Waals surface area contributed by atoms with E-state index in [-0.39, 0.29) is 6.04 Å². The van der Waals surface area contributed by atoms with Gasteiger partial charge in [0.25, 0.3) is 0 Å². The number of rotatable bonds is 3. The van der Waals surface area contributed by atoms with Crippen molar-refractivity contribution in [1.82, 2.24) is 20.4 Å². The topological polar surface area (TPSA) is 76.3 Å². The SMILES string of the molecule is COc1ccc2c(N3CCNCC3c3nccc(Cl)n3)noc2c1. The molecule has 1 aliphatic heterocycles. The van der Waals surface area contributed by atoms with Crippen molar-refractivity contribution < 1.29 is 9.26 Å². The van der Waals surface area contributed by atoms with Gasteiger partial charge in [-0.15, -0.1) is 0 Å².